The third kappa shape index (κ3) is 5.03. The highest BCUT2D eigenvalue weighted by Gasteiger charge is 2.28. The molecule has 4 rings (SSSR count). The van der Waals surface area contributed by atoms with Crippen LogP contribution in [-0.2, 0) is 16.0 Å². The molecule has 0 radical (unpaired) electrons. The molecule has 170 valence electrons. The van der Waals surface area contributed by atoms with E-state index in [9.17, 15) is 4.79 Å². The maximum absolute atomic E-state index is 13.2. The fourth-order valence-corrected chi connectivity index (χ4v) is 3.88. The minimum Gasteiger partial charge on any atom is -0.459 e. The SMILES string of the molecule is COCCCN(Cc1c(-c2cccc(C)c2)noc1N1CCOCC1)C(=O)c1ccco1. The summed E-state index contributed by atoms with van der Waals surface area (Å²) in [6.45, 7) is 6.16. The summed E-state index contributed by atoms with van der Waals surface area (Å²) in [4.78, 5) is 17.1. The van der Waals surface area contributed by atoms with Gasteiger partial charge in [-0.25, -0.2) is 0 Å². The second kappa shape index (κ2) is 10.5. The Kier molecular flexibility index (Phi) is 7.24. The molecule has 0 bridgehead atoms. The number of rotatable bonds is 9. The lowest BCUT2D eigenvalue weighted by Crippen LogP contribution is -2.37. The summed E-state index contributed by atoms with van der Waals surface area (Å²) >= 11 is 0. The van der Waals surface area contributed by atoms with Crippen molar-refractivity contribution >= 4 is 11.8 Å². The summed E-state index contributed by atoms with van der Waals surface area (Å²) in [5, 5.41) is 4.43. The molecular weight excluding hydrogens is 410 g/mol. The number of hydrogen-bond acceptors (Lipinski definition) is 7. The second-order valence-electron chi connectivity index (χ2n) is 7.83. The number of ether oxygens (including phenoxy) is 2. The molecule has 0 saturated carbocycles. The van der Waals surface area contributed by atoms with Crippen molar-refractivity contribution in [2.75, 3.05) is 51.5 Å². The van der Waals surface area contributed by atoms with Crippen molar-refractivity contribution in [2.24, 2.45) is 0 Å². The lowest BCUT2D eigenvalue weighted by molar-refractivity contribution is 0.0691. The van der Waals surface area contributed by atoms with E-state index in [1.54, 1.807) is 24.1 Å². The molecule has 0 atom stereocenters. The maximum Gasteiger partial charge on any atom is 0.289 e. The van der Waals surface area contributed by atoms with Crippen molar-refractivity contribution in [1.82, 2.24) is 10.1 Å². The molecular formula is C24H29N3O5. The Morgan fingerprint density at radius 3 is 2.78 bits per heavy atom. The van der Waals surface area contributed by atoms with E-state index < -0.39 is 0 Å². The molecule has 1 aliphatic rings. The van der Waals surface area contributed by atoms with E-state index in [-0.39, 0.29) is 5.91 Å². The molecule has 1 fully saturated rings. The van der Waals surface area contributed by atoms with Gasteiger partial charge in [0.2, 0.25) is 5.88 Å². The van der Waals surface area contributed by atoms with Crippen molar-refractivity contribution in [3.8, 4) is 11.3 Å². The first kappa shape index (κ1) is 22.1. The molecule has 3 heterocycles. The molecule has 1 aromatic carbocycles. The number of benzene rings is 1. The van der Waals surface area contributed by atoms with E-state index in [2.05, 4.69) is 16.1 Å². The zero-order chi connectivity index (χ0) is 22.3. The zero-order valence-electron chi connectivity index (χ0n) is 18.6. The first-order valence-electron chi connectivity index (χ1n) is 10.9. The third-order valence-corrected chi connectivity index (χ3v) is 5.50. The molecule has 1 aliphatic heterocycles. The van der Waals surface area contributed by atoms with Gasteiger partial charge in [0.05, 0.1) is 31.6 Å². The number of aromatic nitrogens is 1. The van der Waals surface area contributed by atoms with E-state index in [0.29, 0.717) is 64.1 Å². The Labute approximate surface area is 187 Å². The van der Waals surface area contributed by atoms with Gasteiger partial charge in [-0.2, -0.15) is 0 Å². The fourth-order valence-electron chi connectivity index (χ4n) is 3.88. The molecule has 8 heteroatoms. The summed E-state index contributed by atoms with van der Waals surface area (Å²) in [6.07, 6.45) is 2.22. The second-order valence-corrected chi connectivity index (χ2v) is 7.83. The maximum atomic E-state index is 13.2. The number of hydrogen-bond donors (Lipinski definition) is 0. The first-order chi connectivity index (χ1) is 15.7. The Morgan fingerprint density at radius 2 is 2.06 bits per heavy atom. The number of morpholine rings is 1. The van der Waals surface area contributed by atoms with Crippen molar-refractivity contribution in [3.63, 3.8) is 0 Å². The van der Waals surface area contributed by atoms with Crippen LogP contribution in [0.4, 0.5) is 5.88 Å². The molecule has 1 saturated heterocycles. The van der Waals surface area contributed by atoms with E-state index in [1.165, 1.54) is 6.26 Å². The number of anilines is 1. The van der Waals surface area contributed by atoms with Gasteiger partial charge in [-0.15, -0.1) is 0 Å². The number of amides is 1. The van der Waals surface area contributed by atoms with Gasteiger partial charge in [-0.3, -0.25) is 4.79 Å². The summed E-state index contributed by atoms with van der Waals surface area (Å²) in [5.74, 6) is 0.827. The van der Waals surface area contributed by atoms with Crippen molar-refractivity contribution in [3.05, 3.63) is 59.5 Å². The number of nitrogens with zero attached hydrogens (tertiary/aromatic N) is 3. The van der Waals surface area contributed by atoms with Crippen LogP contribution in [0.5, 0.6) is 0 Å². The van der Waals surface area contributed by atoms with Gasteiger partial charge in [0.1, 0.15) is 5.69 Å². The average molecular weight is 440 g/mol. The van der Waals surface area contributed by atoms with Gasteiger partial charge in [0.25, 0.3) is 5.91 Å². The predicted octanol–water partition coefficient (Wildman–Crippen LogP) is 3.76. The summed E-state index contributed by atoms with van der Waals surface area (Å²) in [5.41, 5.74) is 3.73. The minimum absolute atomic E-state index is 0.171. The number of methoxy groups -OCH3 is 1. The molecule has 2 aromatic heterocycles. The average Bonchev–Trinajstić information content (AvgIpc) is 3.49. The van der Waals surface area contributed by atoms with E-state index in [0.717, 1.165) is 22.4 Å². The molecule has 0 aliphatic carbocycles. The minimum atomic E-state index is -0.171. The number of aryl methyl sites for hydroxylation is 1. The van der Waals surface area contributed by atoms with Crippen LogP contribution in [0.3, 0.4) is 0 Å². The Bertz CT molecular complexity index is 1010. The molecule has 0 N–H and O–H groups in total. The molecule has 0 spiro atoms. The van der Waals surface area contributed by atoms with E-state index in [1.807, 2.05) is 25.1 Å². The molecule has 8 nitrogen and oxygen atoms in total. The van der Waals surface area contributed by atoms with Gasteiger partial charge >= 0.3 is 0 Å². The molecule has 3 aromatic rings. The van der Waals surface area contributed by atoms with Crippen molar-refractivity contribution in [1.29, 1.82) is 0 Å². The van der Waals surface area contributed by atoms with Crippen LogP contribution in [0.25, 0.3) is 11.3 Å². The Hall–Kier alpha value is -3.10. The van der Waals surface area contributed by atoms with Crippen LogP contribution in [0, 0.1) is 6.92 Å². The van der Waals surface area contributed by atoms with Crippen molar-refractivity contribution in [2.45, 2.75) is 19.9 Å². The Morgan fingerprint density at radius 1 is 1.22 bits per heavy atom. The molecule has 1 amide bonds. The summed E-state index contributed by atoms with van der Waals surface area (Å²) < 4.78 is 22.0. The van der Waals surface area contributed by atoms with Crippen LogP contribution in [0.15, 0.2) is 51.6 Å². The van der Waals surface area contributed by atoms with Gasteiger partial charge in [-0.05, 0) is 31.5 Å². The highest BCUT2D eigenvalue weighted by atomic mass is 16.5. The number of carbonyl (C=O) groups is 1. The number of carbonyl (C=O) groups excluding carboxylic acids is 1. The predicted molar refractivity (Wildman–Crippen MR) is 120 cm³/mol. The van der Waals surface area contributed by atoms with Crippen molar-refractivity contribution < 1.29 is 23.2 Å². The van der Waals surface area contributed by atoms with Crippen LogP contribution in [0.1, 0.15) is 28.1 Å². The quantitative estimate of drug-likeness (QED) is 0.470. The van der Waals surface area contributed by atoms with E-state index >= 15 is 0 Å². The molecule has 0 unspecified atom stereocenters. The monoisotopic (exact) mass is 439 g/mol. The first-order valence-corrected chi connectivity index (χ1v) is 10.9. The van der Waals surface area contributed by atoms with Crippen LogP contribution < -0.4 is 4.90 Å². The molecule has 32 heavy (non-hydrogen) atoms. The lowest BCUT2D eigenvalue weighted by atomic mass is 10.0. The fraction of sp³-hybridized carbons (Fsp3) is 0.417. The highest BCUT2D eigenvalue weighted by Crippen LogP contribution is 2.33. The van der Waals surface area contributed by atoms with Crippen LogP contribution in [-0.4, -0.2) is 62.5 Å². The smallest absolute Gasteiger partial charge is 0.289 e. The van der Waals surface area contributed by atoms with Gasteiger partial charge in [0.15, 0.2) is 5.76 Å². The summed E-state index contributed by atoms with van der Waals surface area (Å²) in [6, 6.07) is 11.5. The highest BCUT2D eigenvalue weighted by molar-refractivity contribution is 5.91. The standard InChI is InChI=1S/C24H29N3O5/c1-18-6-3-7-19(16-18)22-20(24(32-25-22)26-10-14-30-15-11-26)17-27(9-5-12-29-2)23(28)21-8-4-13-31-21/h3-4,6-8,13,16H,5,9-12,14-15,17H2,1-2H3. The van der Waals surface area contributed by atoms with Gasteiger partial charge < -0.3 is 28.2 Å². The largest absolute Gasteiger partial charge is 0.459 e. The lowest BCUT2D eigenvalue weighted by Gasteiger charge is -2.28. The zero-order valence-corrected chi connectivity index (χ0v) is 18.6. The normalized spacial score (nSPS) is 14.0. The number of furan rings is 1. The topological polar surface area (TPSA) is 81.2 Å². The van der Waals surface area contributed by atoms with Crippen LogP contribution >= 0.6 is 0 Å². The third-order valence-electron chi connectivity index (χ3n) is 5.50. The summed E-state index contributed by atoms with van der Waals surface area (Å²) in [7, 11) is 1.66. The van der Waals surface area contributed by atoms with Gasteiger partial charge in [-0.1, -0.05) is 28.9 Å². The Balaban J connectivity index is 1.70. The van der Waals surface area contributed by atoms with Crippen LogP contribution in [0.2, 0.25) is 0 Å². The van der Waals surface area contributed by atoms with Gasteiger partial charge in [0, 0.05) is 38.9 Å². The van der Waals surface area contributed by atoms with E-state index in [4.69, 9.17) is 18.4 Å².